The number of ether oxygens (including phenoxy) is 1. The number of rotatable bonds is 14. The summed E-state index contributed by atoms with van der Waals surface area (Å²) in [5, 5.41) is 15.3. The molecule has 0 radical (unpaired) electrons. The number of benzene rings is 3. The Morgan fingerprint density at radius 2 is 1.59 bits per heavy atom. The number of aliphatic hydroxyl groups is 1. The monoisotopic (exact) mass is 674 g/mol. The van der Waals surface area contributed by atoms with E-state index in [0.717, 1.165) is 29.3 Å². The zero-order valence-electron chi connectivity index (χ0n) is 28.3. The number of amides is 3. The van der Waals surface area contributed by atoms with Crippen LogP contribution in [0.2, 0.25) is 0 Å². The van der Waals surface area contributed by atoms with E-state index in [-0.39, 0.29) is 25.3 Å². The molecule has 260 valence electrons. The van der Waals surface area contributed by atoms with Crippen molar-refractivity contribution >= 4 is 17.9 Å². The summed E-state index contributed by atoms with van der Waals surface area (Å²) < 4.78 is 36.3. The first-order valence-electron chi connectivity index (χ1n) is 16.2. The van der Waals surface area contributed by atoms with Crippen molar-refractivity contribution in [2.75, 3.05) is 19.7 Å². The number of nitrogens with zero attached hydrogens (tertiary/aromatic N) is 2. The average Bonchev–Trinajstić information content (AvgIpc) is 3.48. The van der Waals surface area contributed by atoms with Gasteiger partial charge in [0.25, 0.3) is 0 Å². The van der Waals surface area contributed by atoms with Gasteiger partial charge in [0.2, 0.25) is 11.8 Å². The third kappa shape index (κ3) is 10.2. The van der Waals surface area contributed by atoms with E-state index in [9.17, 15) is 28.3 Å². The van der Waals surface area contributed by atoms with Gasteiger partial charge in [0, 0.05) is 42.7 Å². The summed E-state index contributed by atoms with van der Waals surface area (Å²) >= 11 is 0. The number of halogens is 2. The van der Waals surface area contributed by atoms with Crippen molar-refractivity contribution in [3.63, 3.8) is 0 Å². The summed E-state index contributed by atoms with van der Waals surface area (Å²) in [5.41, 5.74) is 2.42. The minimum absolute atomic E-state index is 0.0675. The van der Waals surface area contributed by atoms with Gasteiger partial charge < -0.3 is 29.9 Å². The van der Waals surface area contributed by atoms with Gasteiger partial charge in [0.05, 0.1) is 6.04 Å². The molecule has 0 fully saturated rings. The number of alkyl carbamates (subject to hydrolysis) is 1. The summed E-state index contributed by atoms with van der Waals surface area (Å²) in [4.78, 5) is 39.9. The lowest BCUT2D eigenvalue weighted by molar-refractivity contribution is -0.139. The van der Waals surface area contributed by atoms with Gasteiger partial charge in [0.1, 0.15) is 30.9 Å². The van der Waals surface area contributed by atoms with Gasteiger partial charge in [-0.2, -0.15) is 0 Å². The standard InChI is InChI=1S/C38H44F2N4O5/c1-26(42-37(48)49-25-28-14-9-6-10-15-28)36(47)41-18-11-19-44(34(46)24-45)35(38(2,3)4)33-20-29(31-21-30(39)16-17-32(31)40)23-43(33)22-27-12-7-5-8-13-27/h5-10,12-17,20-21,23,26,35,45H,11,18-19,22,24-25H2,1-4H3,(H,41,47)(H,42,48)/t26-,35-/m0/s1. The van der Waals surface area contributed by atoms with E-state index in [0.29, 0.717) is 24.2 Å². The third-order valence-electron chi connectivity index (χ3n) is 8.05. The fourth-order valence-corrected chi connectivity index (χ4v) is 5.72. The minimum atomic E-state index is -0.872. The Hall–Kier alpha value is -5.03. The van der Waals surface area contributed by atoms with Crippen molar-refractivity contribution in [1.82, 2.24) is 20.1 Å². The molecule has 0 aliphatic rings. The van der Waals surface area contributed by atoms with E-state index in [4.69, 9.17) is 4.74 Å². The smallest absolute Gasteiger partial charge is 0.408 e. The Morgan fingerprint density at radius 3 is 2.22 bits per heavy atom. The Morgan fingerprint density at radius 1 is 0.939 bits per heavy atom. The summed E-state index contributed by atoms with van der Waals surface area (Å²) in [5.74, 6) is -2.10. The van der Waals surface area contributed by atoms with E-state index in [1.165, 1.54) is 6.92 Å². The highest BCUT2D eigenvalue weighted by Gasteiger charge is 2.37. The van der Waals surface area contributed by atoms with Gasteiger partial charge in [-0.1, -0.05) is 81.4 Å². The highest BCUT2D eigenvalue weighted by molar-refractivity contribution is 5.85. The fourth-order valence-electron chi connectivity index (χ4n) is 5.72. The zero-order chi connectivity index (χ0) is 35.6. The van der Waals surface area contributed by atoms with E-state index in [1.54, 1.807) is 17.2 Å². The molecule has 0 unspecified atom stereocenters. The van der Waals surface area contributed by atoms with Crippen LogP contribution in [0.5, 0.6) is 0 Å². The lowest BCUT2D eigenvalue weighted by atomic mass is 9.83. The first kappa shape index (κ1) is 36.8. The van der Waals surface area contributed by atoms with Crippen LogP contribution in [-0.2, 0) is 27.5 Å². The van der Waals surface area contributed by atoms with Crippen LogP contribution in [0.15, 0.2) is 91.1 Å². The molecule has 0 aliphatic carbocycles. The molecule has 3 aromatic carbocycles. The van der Waals surface area contributed by atoms with Crippen LogP contribution in [0.3, 0.4) is 0 Å². The van der Waals surface area contributed by atoms with Crippen LogP contribution in [0.25, 0.3) is 11.1 Å². The molecule has 0 saturated heterocycles. The van der Waals surface area contributed by atoms with Crippen LogP contribution in [0.4, 0.5) is 13.6 Å². The molecule has 0 saturated carbocycles. The van der Waals surface area contributed by atoms with Gasteiger partial charge >= 0.3 is 6.09 Å². The molecule has 4 aromatic rings. The molecule has 3 N–H and O–H groups in total. The molecular formula is C38H44F2N4O5. The fraction of sp³-hybridized carbons (Fsp3) is 0.342. The van der Waals surface area contributed by atoms with Crippen molar-refractivity contribution in [1.29, 1.82) is 0 Å². The molecule has 49 heavy (non-hydrogen) atoms. The second-order valence-electron chi connectivity index (χ2n) is 13.0. The van der Waals surface area contributed by atoms with Crippen molar-refractivity contribution in [3.8, 4) is 11.1 Å². The summed E-state index contributed by atoms with van der Waals surface area (Å²) in [6.45, 7) is 7.50. The first-order valence-corrected chi connectivity index (χ1v) is 16.2. The molecule has 2 atom stereocenters. The minimum Gasteiger partial charge on any atom is -0.445 e. The normalized spacial score (nSPS) is 12.6. The van der Waals surface area contributed by atoms with Gasteiger partial charge in [-0.15, -0.1) is 0 Å². The number of hydrogen-bond donors (Lipinski definition) is 3. The molecule has 9 nitrogen and oxygen atoms in total. The molecule has 0 bridgehead atoms. The van der Waals surface area contributed by atoms with Crippen LogP contribution in [0.1, 0.15) is 57.0 Å². The maximum atomic E-state index is 15.0. The van der Waals surface area contributed by atoms with E-state index in [1.807, 2.05) is 86.0 Å². The SMILES string of the molecule is C[C@H](NC(=O)OCc1ccccc1)C(=O)NCCCN(C(=O)CO)[C@@H](c1cc(-c2cc(F)ccc2F)cn1Cc1ccccc1)C(C)(C)C. The first-order chi connectivity index (χ1) is 23.4. The average molecular weight is 675 g/mol. The predicted octanol–water partition coefficient (Wildman–Crippen LogP) is 6.21. The van der Waals surface area contributed by atoms with E-state index >= 15 is 0 Å². The molecule has 3 amide bonds. The summed E-state index contributed by atoms with van der Waals surface area (Å²) in [7, 11) is 0. The van der Waals surface area contributed by atoms with Gasteiger partial charge in [-0.05, 0) is 54.2 Å². The van der Waals surface area contributed by atoms with Crippen LogP contribution in [-0.4, -0.2) is 58.2 Å². The van der Waals surface area contributed by atoms with E-state index < -0.39 is 53.6 Å². The number of hydrogen-bond acceptors (Lipinski definition) is 5. The van der Waals surface area contributed by atoms with Gasteiger partial charge in [0.15, 0.2) is 0 Å². The molecule has 11 heteroatoms. The Bertz CT molecular complexity index is 1710. The molecule has 1 aromatic heterocycles. The number of carbonyl (C=O) groups excluding carboxylic acids is 3. The van der Waals surface area contributed by atoms with Crippen LogP contribution >= 0.6 is 0 Å². The van der Waals surface area contributed by atoms with Gasteiger partial charge in [-0.3, -0.25) is 9.59 Å². The molecule has 1 heterocycles. The summed E-state index contributed by atoms with van der Waals surface area (Å²) in [6.07, 6.45) is 1.36. The van der Waals surface area contributed by atoms with Crippen molar-refractivity contribution in [3.05, 3.63) is 120 Å². The Balaban J connectivity index is 1.51. The highest BCUT2D eigenvalue weighted by Crippen LogP contribution is 2.41. The van der Waals surface area contributed by atoms with Crippen molar-refractivity contribution in [2.24, 2.45) is 5.41 Å². The maximum absolute atomic E-state index is 15.0. The summed E-state index contributed by atoms with van der Waals surface area (Å²) in [6, 6.07) is 22.4. The quantitative estimate of drug-likeness (QED) is 0.138. The molecule has 0 spiro atoms. The predicted molar refractivity (Wildman–Crippen MR) is 183 cm³/mol. The van der Waals surface area contributed by atoms with E-state index in [2.05, 4.69) is 10.6 Å². The Labute approximate surface area is 285 Å². The second kappa shape index (κ2) is 16.9. The highest BCUT2D eigenvalue weighted by atomic mass is 19.1. The number of aromatic nitrogens is 1. The Kier molecular flexibility index (Phi) is 12.7. The molecular weight excluding hydrogens is 630 g/mol. The topological polar surface area (TPSA) is 113 Å². The second-order valence-corrected chi connectivity index (χ2v) is 13.0. The molecule has 0 aliphatic heterocycles. The number of aliphatic hydroxyl groups excluding tert-OH is 1. The van der Waals surface area contributed by atoms with Crippen molar-refractivity contribution < 1.29 is 33.0 Å². The number of nitrogens with one attached hydrogen (secondary N) is 2. The maximum Gasteiger partial charge on any atom is 0.408 e. The van der Waals surface area contributed by atoms with Gasteiger partial charge in [-0.25, -0.2) is 13.6 Å². The largest absolute Gasteiger partial charge is 0.445 e. The lowest BCUT2D eigenvalue weighted by Crippen LogP contribution is -2.46. The lowest BCUT2D eigenvalue weighted by Gasteiger charge is -2.41. The molecule has 4 rings (SSSR count). The number of carbonyl (C=O) groups is 3. The van der Waals surface area contributed by atoms with Crippen LogP contribution < -0.4 is 10.6 Å². The third-order valence-corrected chi connectivity index (χ3v) is 8.05. The van der Waals surface area contributed by atoms with Crippen molar-refractivity contribution in [2.45, 2.75) is 59.4 Å². The van der Waals surface area contributed by atoms with Crippen LogP contribution in [0, 0.1) is 17.0 Å². The zero-order valence-corrected chi connectivity index (χ0v) is 28.3.